The number of ether oxygens (including phenoxy) is 2. The minimum Gasteiger partial charge on any atom is -0.497 e. The van der Waals surface area contributed by atoms with Gasteiger partial charge in [0, 0.05) is 5.69 Å². The number of urea groups is 1. The molecule has 23 heavy (non-hydrogen) atoms. The molecule has 2 aromatic carbocycles. The zero-order chi connectivity index (χ0) is 16.7. The Bertz CT molecular complexity index is 654. The molecule has 0 heterocycles. The molecule has 0 aliphatic carbocycles. The van der Waals surface area contributed by atoms with Crippen LogP contribution < -0.4 is 20.1 Å². The molecule has 2 rings (SSSR count). The molecule has 122 valence electrons. The predicted molar refractivity (Wildman–Crippen MR) is 91.4 cm³/mol. The van der Waals surface area contributed by atoms with Crippen LogP contribution in [-0.4, -0.2) is 26.3 Å². The van der Waals surface area contributed by atoms with Crippen LogP contribution in [0, 0.1) is 13.8 Å². The highest BCUT2D eigenvalue weighted by molar-refractivity contribution is 5.90. The molecule has 0 aliphatic rings. The van der Waals surface area contributed by atoms with Gasteiger partial charge in [-0.1, -0.05) is 12.1 Å². The fourth-order valence-electron chi connectivity index (χ4n) is 2.06. The van der Waals surface area contributed by atoms with E-state index in [9.17, 15) is 4.79 Å². The first-order chi connectivity index (χ1) is 11.1. The second kappa shape index (κ2) is 8.08. The molecule has 0 bridgehead atoms. The van der Waals surface area contributed by atoms with Crippen LogP contribution in [-0.2, 0) is 0 Å². The number of benzene rings is 2. The van der Waals surface area contributed by atoms with Crippen molar-refractivity contribution >= 4 is 11.7 Å². The van der Waals surface area contributed by atoms with Crippen molar-refractivity contribution in [2.45, 2.75) is 13.8 Å². The molecule has 2 aromatic rings. The van der Waals surface area contributed by atoms with Crippen LogP contribution in [0.5, 0.6) is 11.5 Å². The van der Waals surface area contributed by atoms with E-state index in [1.807, 2.05) is 56.3 Å². The lowest BCUT2D eigenvalue weighted by Crippen LogP contribution is -2.32. The molecule has 5 heteroatoms. The summed E-state index contributed by atoms with van der Waals surface area (Å²) >= 11 is 0. The van der Waals surface area contributed by atoms with E-state index in [0.717, 1.165) is 28.3 Å². The lowest BCUT2D eigenvalue weighted by Gasteiger charge is -2.12. The number of carbonyl (C=O) groups excluding carboxylic acids is 1. The number of anilines is 1. The fraction of sp³-hybridized carbons (Fsp3) is 0.278. The van der Waals surface area contributed by atoms with E-state index in [1.165, 1.54) is 0 Å². The van der Waals surface area contributed by atoms with Crippen LogP contribution in [0.2, 0.25) is 0 Å². The minimum absolute atomic E-state index is 0.239. The molecule has 0 unspecified atom stereocenters. The van der Waals surface area contributed by atoms with Crippen molar-refractivity contribution in [3.8, 4) is 11.5 Å². The molecule has 5 nitrogen and oxygen atoms in total. The van der Waals surface area contributed by atoms with Crippen molar-refractivity contribution in [2.24, 2.45) is 0 Å². The second-order valence-corrected chi connectivity index (χ2v) is 5.15. The number of nitrogens with one attached hydrogen (secondary N) is 2. The number of methoxy groups -OCH3 is 1. The first-order valence-corrected chi connectivity index (χ1v) is 7.48. The van der Waals surface area contributed by atoms with Gasteiger partial charge in [-0.05, 0) is 55.3 Å². The van der Waals surface area contributed by atoms with Crippen LogP contribution in [0.4, 0.5) is 10.5 Å². The van der Waals surface area contributed by atoms with Gasteiger partial charge in [-0.3, -0.25) is 0 Å². The standard InChI is InChI=1S/C18H22N2O3/c1-13-5-4-6-17(14(13)2)20-18(21)19-11-12-23-16-9-7-15(22-3)8-10-16/h4-10H,11-12H2,1-3H3,(H2,19,20,21). The van der Waals surface area contributed by atoms with E-state index in [4.69, 9.17) is 9.47 Å². The predicted octanol–water partition coefficient (Wildman–Crippen LogP) is 3.51. The highest BCUT2D eigenvalue weighted by Crippen LogP contribution is 2.18. The zero-order valence-corrected chi connectivity index (χ0v) is 13.7. The van der Waals surface area contributed by atoms with E-state index in [1.54, 1.807) is 7.11 Å². The van der Waals surface area contributed by atoms with Crippen LogP contribution in [0.15, 0.2) is 42.5 Å². The van der Waals surface area contributed by atoms with Gasteiger partial charge in [-0.25, -0.2) is 4.79 Å². The Hall–Kier alpha value is -2.69. The highest BCUT2D eigenvalue weighted by atomic mass is 16.5. The molecular formula is C18H22N2O3. The van der Waals surface area contributed by atoms with E-state index < -0.39 is 0 Å². The number of aryl methyl sites for hydroxylation is 1. The monoisotopic (exact) mass is 314 g/mol. The maximum atomic E-state index is 11.9. The number of hydrogen-bond donors (Lipinski definition) is 2. The molecule has 0 spiro atoms. The lowest BCUT2D eigenvalue weighted by molar-refractivity contribution is 0.247. The maximum Gasteiger partial charge on any atom is 0.319 e. The van der Waals surface area contributed by atoms with E-state index in [-0.39, 0.29) is 6.03 Å². The minimum atomic E-state index is -0.239. The third kappa shape index (κ3) is 4.92. The molecule has 0 saturated heterocycles. The summed E-state index contributed by atoms with van der Waals surface area (Å²) in [5, 5.41) is 5.61. The van der Waals surface area contributed by atoms with Gasteiger partial charge in [0.15, 0.2) is 0 Å². The Kier molecular flexibility index (Phi) is 5.86. The summed E-state index contributed by atoms with van der Waals surface area (Å²) in [6.07, 6.45) is 0. The van der Waals surface area contributed by atoms with Gasteiger partial charge >= 0.3 is 6.03 Å². The van der Waals surface area contributed by atoms with Crippen molar-refractivity contribution in [3.63, 3.8) is 0 Å². The van der Waals surface area contributed by atoms with Crippen LogP contribution >= 0.6 is 0 Å². The average molecular weight is 314 g/mol. The smallest absolute Gasteiger partial charge is 0.319 e. The van der Waals surface area contributed by atoms with E-state index >= 15 is 0 Å². The third-order valence-corrected chi connectivity index (χ3v) is 3.57. The molecule has 0 aliphatic heterocycles. The van der Waals surface area contributed by atoms with Gasteiger partial charge in [0.25, 0.3) is 0 Å². The summed E-state index contributed by atoms with van der Waals surface area (Å²) in [5.41, 5.74) is 3.03. The molecule has 0 aromatic heterocycles. The van der Waals surface area contributed by atoms with Gasteiger partial charge in [-0.15, -0.1) is 0 Å². The first-order valence-electron chi connectivity index (χ1n) is 7.48. The Morgan fingerprint density at radius 1 is 1.04 bits per heavy atom. The van der Waals surface area contributed by atoms with E-state index in [0.29, 0.717) is 13.2 Å². The quantitative estimate of drug-likeness (QED) is 0.802. The topological polar surface area (TPSA) is 59.6 Å². The Balaban J connectivity index is 1.73. The summed E-state index contributed by atoms with van der Waals surface area (Å²) in [7, 11) is 1.62. The Labute approximate surface area is 136 Å². The van der Waals surface area contributed by atoms with Gasteiger partial charge in [0.2, 0.25) is 0 Å². The maximum absolute atomic E-state index is 11.9. The van der Waals surface area contributed by atoms with Crippen molar-refractivity contribution in [1.29, 1.82) is 0 Å². The molecule has 2 amide bonds. The van der Waals surface area contributed by atoms with Crippen LogP contribution in [0.25, 0.3) is 0 Å². The van der Waals surface area contributed by atoms with Crippen LogP contribution in [0.3, 0.4) is 0 Å². The van der Waals surface area contributed by atoms with Gasteiger partial charge in [-0.2, -0.15) is 0 Å². The third-order valence-electron chi connectivity index (χ3n) is 3.57. The summed E-state index contributed by atoms with van der Waals surface area (Å²) in [6.45, 7) is 4.81. The summed E-state index contributed by atoms with van der Waals surface area (Å²) in [5.74, 6) is 1.52. The number of carbonyl (C=O) groups is 1. The van der Waals surface area contributed by atoms with Crippen molar-refractivity contribution in [3.05, 3.63) is 53.6 Å². The molecule has 2 N–H and O–H groups in total. The SMILES string of the molecule is COc1ccc(OCCNC(=O)Nc2cccc(C)c2C)cc1. The van der Waals surface area contributed by atoms with Crippen LogP contribution in [0.1, 0.15) is 11.1 Å². The largest absolute Gasteiger partial charge is 0.497 e. The molecule has 0 saturated carbocycles. The summed E-state index contributed by atoms with van der Waals surface area (Å²) in [6, 6.07) is 12.9. The molecule has 0 radical (unpaired) electrons. The summed E-state index contributed by atoms with van der Waals surface area (Å²) < 4.78 is 10.6. The average Bonchev–Trinajstić information content (AvgIpc) is 2.56. The molecule has 0 fully saturated rings. The normalized spacial score (nSPS) is 10.0. The number of amides is 2. The van der Waals surface area contributed by atoms with E-state index in [2.05, 4.69) is 10.6 Å². The van der Waals surface area contributed by atoms with Gasteiger partial charge in [0.1, 0.15) is 18.1 Å². The zero-order valence-electron chi connectivity index (χ0n) is 13.7. The number of rotatable bonds is 6. The first kappa shape index (κ1) is 16.7. The number of hydrogen-bond acceptors (Lipinski definition) is 3. The lowest BCUT2D eigenvalue weighted by atomic mass is 10.1. The van der Waals surface area contributed by atoms with Crippen molar-refractivity contribution < 1.29 is 14.3 Å². The highest BCUT2D eigenvalue weighted by Gasteiger charge is 2.05. The fourth-order valence-corrected chi connectivity index (χ4v) is 2.06. The van der Waals surface area contributed by atoms with Crippen molar-refractivity contribution in [1.82, 2.24) is 5.32 Å². The molecular weight excluding hydrogens is 292 g/mol. The van der Waals surface area contributed by atoms with Gasteiger partial charge in [0.05, 0.1) is 13.7 Å². The summed E-state index contributed by atoms with van der Waals surface area (Å²) in [4.78, 5) is 11.9. The van der Waals surface area contributed by atoms with Crippen molar-refractivity contribution in [2.75, 3.05) is 25.6 Å². The Morgan fingerprint density at radius 3 is 2.43 bits per heavy atom. The Morgan fingerprint density at radius 2 is 1.74 bits per heavy atom. The second-order valence-electron chi connectivity index (χ2n) is 5.15. The van der Waals surface area contributed by atoms with Gasteiger partial charge < -0.3 is 20.1 Å². The molecule has 0 atom stereocenters.